The molecule has 0 spiro atoms. The number of halogens is 1. The molecule has 25 heavy (non-hydrogen) atoms. The number of para-hydroxylation sites is 1. The van der Waals surface area contributed by atoms with Crippen LogP contribution in [0, 0.1) is 11.8 Å². The van der Waals surface area contributed by atoms with Gasteiger partial charge in [0, 0.05) is 38.4 Å². The molecule has 1 saturated carbocycles. The SMILES string of the molecule is CC(C)CN1CCN(c2ccccc2C2(C)CCCCC2C)CC1.Cl. The van der Waals surface area contributed by atoms with Gasteiger partial charge in [-0.1, -0.05) is 58.7 Å². The normalized spacial score (nSPS) is 28.0. The Hall–Kier alpha value is -0.730. The molecule has 0 aromatic heterocycles. The minimum Gasteiger partial charge on any atom is -0.369 e. The predicted octanol–water partition coefficient (Wildman–Crippen LogP) is 5.35. The second kappa shape index (κ2) is 8.77. The summed E-state index contributed by atoms with van der Waals surface area (Å²) in [4.78, 5) is 5.29. The number of hydrogen-bond donors (Lipinski definition) is 0. The molecule has 2 aliphatic rings. The van der Waals surface area contributed by atoms with Crippen LogP contribution in [0.15, 0.2) is 24.3 Å². The van der Waals surface area contributed by atoms with Gasteiger partial charge in [0.15, 0.2) is 0 Å². The van der Waals surface area contributed by atoms with Gasteiger partial charge in [0.25, 0.3) is 0 Å². The number of hydrogen-bond acceptors (Lipinski definition) is 2. The molecule has 1 aromatic rings. The first-order chi connectivity index (χ1) is 11.5. The molecule has 0 bridgehead atoms. The van der Waals surface area contributed by atoms with Gasteiger partial charge in [-0.05, 0) is 41.7 Å². The Labute approximate surface area is 161 Å². The number of benzene rings is 1. The monoisotopic (exact) mass is 364 g/mol. The van der Waals surface area contributed by atoms with Crippen LogP contribution in [0.5, 0.6) is 0 Å². The van der Waals surface area contributed by atoms with Crippen molar-refractivity contribution in [3.05, 3.63) is 29.8 Å². The second-order valence-corrected chi connectivity index (χ2v) is 8.76. The summed E-state index contributed by atoms with van der Waals surface area (Å²) in [5, 5.41) is 0. The van der Waals surface area contributed by atoms with Crippen LogP contribution in [-0.4, -0.2) is 37.6 Å². The average Bonchev–Trinajstić information content (AvgIpc) is 2.58. The van der Waals surface area contributed by atoms with E-state index in [-0.39, 0.29) is 12.4 Å². The zero-order chi connectivity index (χ0) is 17.2. The average molecular weight is 365 g/mol. The molecule has 1 aliphatic carbocycles. The maximum atomic E-state index is 2.65. The molecule has 142 valence electrons. The lowest BCUT2D eigenvalue weighted by Crippen LogP contribution is -2.48. The van der Waals surface area contributed by atoms with Crippen molar-refractivity contribution in [3.63, 3.8) is 0 Å². The van der Waals surface area contributed by atoms with Crippen molar-refractivity contribution in [3.8, 4) is 0 Å². The van der Waals surface area contributed by atoms with Crippen molar-refractivity contribution in [2.75, 3.05) is 37.6 Å². The molecule has 2 fully saturated rings. The minimum atomic E-state index is 0. The van der Waals surface area contributed by atoms with Gasteiger partial charge in [0.2, 0.25) is 0 Å². The van der Waals surface area contributed by atoms with Gasteiger partial charge in [0.1, 0.15) is 0 Å². The van der Waals surface area contributed by atoms with Crippen LogP contribution in [0.25, 0.3) is 0 Å². The fourth-order valence-corrected chi connectivity index (χ4v) is 4.83. The fourth-order valence-electron chi connectivity index (χ4n) is 4.83. The summed E-state index contributed by atoms with van der Waals surface area (Å²) in [5.74, 6) is 1.56. The molecule has 3 heteroatoms. The largest absolute Gasteiger partial charge is 0.369 e. The Morgan fingerprint density at radius 3 is 2.40 bits per heavy atom. The highest BCUT2D eigenvalue weighted by atomic mass is 35.5. The van der Waals surface area contributed by atoms with Crippen LogP contribution in [0.2, 0.25) is 0 Å². The lowest BCUT2D eigenvalue weighted by molar-refractivity contribution is 0.218. The van der Waals surface area contributed by atoms with E-state index < -0.39 is 0 Å². The zero-order valence-corrected chi connectivity index (χ0v) is 17.4. The Morgan fingerprint density at radius 1 is 1.08 bits per heavy atom. The molecule has 1 aromatic carbocycles. The molecule has 0 radical (unpaired) electrons. The highest BCUT2D eigenvalue weighted by molar-refractivity contribution is 5.85. The number of piperazine rings is 1. The number of anilines is 1. The third-order valence-corrected chi connectivity index (χ3v) is 6.53. The lowest BCUT2D eigenvalue weighted by atomic mass is 9.64. The van der Waals surface area contributed by atoms with Crippen LogP contribution in [0.3, 0.4) is 0 Å². The van der Waals surface area contributed by atoms with E-state index in [0.717, 1.165) is 11.8 Å². The molecule has 3 rings (SSSR count). The molecule has 0 N–H and O–H groups in total. The Kier molecular flexibility index (Phi) is 7.22. The van der Waals surface area contributed by atoms with Gasteiger partial charge in [-0.25, -0.2) is 0 Å². The van der Waals surface area contributed by atoms with Gasteiger partial charge in [-0.15, -0.1) is 12.4 Å². The first kappa shape index (κ1) is 20.6. The van der Waals surface area contributed by atoms with Gasteiger partial charge < -0.3 is 4.90 Å². The third-order valence-electron chi connectivity index (χ3n) is 6.53. The second-order valence-electron chi connectivity index (χ2n) is 8.76. The van der Waals surface area contributed by atoms with E-state index in [0.29, 0.717) is 5.41 Å². The quantitative estimate of drug-likeness (QED) is 0.710. The summed E-state index contributed by atoms with van der Waals surface area (Å²) in [6.07, 6.45) is 5.52. The maximum absolute atomic E-state index is 2.65. The summed E-state index contributed by atoms with van der Waals surface area (Å²) in [5.41, 5.74) is 3.47. The Bertz CT molecular complexity index is 537. The van der Waals surface area contributed by atoms with Crippen molar-refractivity contribution >= 4 is 18.1 Å². The van der Waals surface area contributed by atoms with E-state index in [4.69, 9.17) is 0 Å². The van der Waals surface area contributed by atoms with E-state index in [9.17, 15) is 0 Å². The van der Waals surface area contributed by atoms with Gasteiger partial charge in [-0.2, -0.15) is 0 Å². The van der Waals surface area contributed by atoms with Crippen LogP contribution in [0.4, 0.5) is 5.69 Å². The van der Waals surface area contributed by atoms with E-state index in [1.165, 1.54) is 64.1 Å². The lowest BCUT2D eigenvalue weighted by Gasteiger charge is -2.44. The third kappa shape index (κ3) is 4.52. The van der Waals surface area contributed by atoms with Crippen molar-refractivity contribution in [1.82, 2.24) is 4.90 Å². The summed E-state index contributed by atoms with van der Waals surface area (Å²) < 4.78 is 0. The van der Waals surface area contributed by atoms with Crippen molar-refractivity contribution < 1.29 is 0 Å². The van der Waals surface area contributed by atoms with E-state index >= 15 is 0 Å². The van der Waals surface area contributed by atoms with Gasteiger partial charge in [0.05, 0.1) is 0 Å². The fraction of sp³-hybridized carbons (Fsp3) is 0.727. The first-order valence-electron chi connectivity index (χ1n) is 10.1. The molecule has 2 nitrogen and oxygen atoms in total. The predicted molar refractivity (Wildman–Crippen MR) is 112 cm³/mol. The zero-order valence-electron chi connectivity index (χ0n) is 16.6. The molecule has 2 unspecified atom stereocenters. The summed E-state index contributed by atoms with van der Waals surface area (Å²) in [7, 11) is 0. The van der Waals surface area contributed by atoms with E-state index in [2.05, 4.69) is 61.8 Å². The summed E-state index contributed by atoms with van der Waals surface area (Å²) >= 11 is 0. The number of rotatable bonds is 4. The van der Waals surface area contributed by atoms with Crippen LogP contribution < -0.4 is 4.90 Å². The summed E-state index contributed by atoms with van der Waals surface area (Å²) in [6, 6.07) is 9.27. The molecule has 2 atom stereocenters. The van der Waals surface area contributed by atoms with E-state index in [1.54, 1.807) is 5.56 Å². The van der Waals surface area contributed by atoms with Crippen LogP contribution in [0.1, 0.15) is 58.9 Å². The van der Waals surface area contributed by atoms with Gasteiger partial charge >= 0.3 is 0 Å². The van der Waals surface area contributed by atoms with Crippen molar-refractivity contribution in [2.45, 2.75) is 58.8 Å². The standard InChI is InChI=1S/C22H36N2.ClH/c1-18(2)17-23-13-15-24(16-14-23)21-11-6-5-10-20(21)22(4)12-8-7-9-19(22)3;/h5-6,10-11,18-19H,7-9,12-17H2,1-4H3;1H. The highest BCUT2D eigenvalue weighted by Crippen LogP contribution is 2.46. The smallest absolute Gasteiger partial charge is 0.0405 e. The highest BCUT2D eigenvalue weighted by Gasteiger charge is 2.37. The molecule has 1 saturated heterocycles. The van der Waals surface area contributed by atoms with Gasteiger partial charge in [-0.3, -0.25) is 4.90 Å². The van der Waals surface area contributed by atoms with Crippen LogP contribution in [-0.2, 0) is 5.41 Å². The Balaban J connectivity index is 0.00000225. The molecule has 1 heterocycles. The molecular formula is C22H37ClN2. The first-order valence-corrected chi connectivity index (χ1v) is 10.1. The van der Waals surface area contributed by atoms with E-state index in [1.807, 2.05) is 0 Å². The topological polar surface area (TPSA) is 6.48 Å². The van der Waals surface area contributed by atoms with Crippen molar-refractivity contribution in [2.24, 2.45) is 11.8 Å². The molecule has 1 aliphatic heterocycles. The Morgan fingerprint density at radius 2 is 1.76 bits per heavy atom. The minimum absolute atomic E-state index is 0. The molecule has 0 amide bonds. The summed E-state index contributed by atoms with van der Waals surface area (Å²) in [6.45, 7) is 15.6. The number of nitrogens with zero attached hydrogens (tertiary/aromatic N) is 2. The van der Waals surface area contributed by atoms with Crippen molar-refractivity contribution in [1.29, 1.82) is 0 Å². The molecular weight excluding hydrogens is 328 g/mol. The maximum Gasteiger partial charge on any atom is 0.0405 e. The van der Waals surface area contributed by atoms with Crippen LogP contribution >= 0.6 is 12.4 Å².